The van der Waals surface area contributed by atoms with Gasteiger partial charge in [0.1, 0.15) is 0 Å². The van der Waals surface area contributed by atoms with Gasteiger partial charge in [0.2, 0.25) is 0 Å². The van der Waals surface area contributed by atoms with E-state index in [2.05, 4.69) is 25.8 Å². The summed E-state index contributed by atoms with van der Waals surface area (Å²) < 4.78 is 0. The van der Waals surface area contributed by atoms with Crippen LogP contribution in [0.15, 0.2) is 24.3 Å². The number of hydrogen-bond acceptors (Lipinski definition) is 4. The average molecular weight is 297 g/mol. The van der Waals surface area contributed by atoms with Gasteiger partial charge in [0.25, 0.3) is 0 Å². The van der Waals surface area contributed by atoms with Crippen molar-refractivity contribution in [1.29, 1.82) is 0 Å². The SMILES string of the molecule is Cc1nc(-c2ccc([NH+]([O-])O)cc2)nc2c1C1C(C2)C1(C)C. The fourth-order valence-electron chi connectivity index (χ4n) is 4.00. The van der Waals surface area contributed by atoms with Crippen LogP contribution in [-0.2, 0) is 6.42 Å². The van der Waals surface area contributed by atoms with Crippen molar-refractivity contribution in [3.05, 3.63) is 46.4 Å². The van der Waals surface area contributed by atoms with E-state index in [4.69, 9.17) is 10.2 Å². The largest absolute Gasteiger partial charge is 0.595 e. The Balaban J connectivity index is 1.72. The maximum Gasteiger partial charge on any atom is 0.163 e. The van der Waals surface area contributed by atoms with Gasteiger partial charge in [-0.3, -0.25) is 0 Å². The van der Waals surface area contributed by atoms with E-state index >= 15 is 0 Å². The van der Waals surface area contributed by atoms with Crippen molar-refractivity contribution in [1.82, 2.24) is 9.97 Å². The molecule has 1 aromatic carbocycles. The van der Waals surface area contributed by atoms with Crippen molar-refractivity contribution in [2.24, 2.45) is 11.3 Å². The summed E-state index contributed by atoms with van der Waals surface area (Å²) in [6.07, 6.45) is 1.04. The lowest BCUT2D eigenvalue weighted by molar-refractivity contribution is -0.991. The van der Waals surface area contributed by atoms with Crippen LogP contribution in [0.25, 0.3) is 11.4 Å². The molecule has 0 radical (unpaired) electrons. The van der Waals surface area contributed by atoms with Crippen LogP contribution in [0.4, 0.5) is 5.69 Å². The molecule has 4 rings (SSSR count). The van der Waals surface area contributed by atoms with Crippen LogP contribution >= 0.6 is 0 Å². The molecule has 5 heteroatoms. The van der Waals surface area contributed by atoms with Crippen LogP contribution in [0.5, 0.6) is 0 Å². The van der Waals surface area contributed by atoms with Crippen LogP contribution in [0.2, 0.25) is 0 Å². The first-order valence-electron chi connectivity index (χ1n) is 7.60. The first kappa shape index (κ1) is 13.8. The Kier molecular flexibility index (Phi) is 2.73. The Morgan fingerprint density at radius 1 is 1.23 bits per heavy atom. The minimum atomic E-state index is -0.917. The van der Waals surface area contributed by atoms with Gasteiger partial charge in [0.05, 0.1) is 0 Å². The molecular weight excluding hydrogens is 278 g/mol. The molecule has 2 aliphatic carbocycles. The second kappa shape index (κ2) is 4.35. The predicted octanol–water partition coefficient (Wildman–Crippen LogP) is 2.15. The lowest BCUT2D eigenvalue weighted by Gasteiger charge is -2.15. The summed E-state index contributed by atoms with van der Waals surface area (Å²) in [6.45, 7) is 6.71. The van der Waals surface area contributed by atoms with E-state index in [1.807, 2.05) is 0 Å². The maximum atomic E-state index is 10.9. The van der Waals surface area contributed by atoms with Crippen LogP contribution in [0.1, 0.15) is 36.7 Å². The van der Waals surface area contributed by atoms with Crippen molar-refractivity contribution in [2.75, 3.05) is 0 Å². The number of aryl methyl sites for hydroxylation is 1. The lowest BCUT2D eigenvalue weighted by atomic mass is 9.97. The molecule has 0 bridgehead atoms. The van der Waals surface area contributed by atoms with E-state index in [9.17, 15) is 5.21 Å². The molecule has 2 aromatic rings. The summed E-state index contributed by atoms with van der Waals surface area (Å²) in [5, 5.41) is 19.0. The molecule has 2 N–H and O–H groups in total. The van der Waals surface area contributed by atoms with Gasteiger partial charge >= 0.3 is 0 Å². The number of rotatable bonds is 2. The van der Waals surface area contributed by atoms with Gasteiger partial charge in [-0.05, 0) is 48.3 Å². The minimum Gasteiger partial charge on any atom is -0.595 e. The van der Waals surface area contributed by atoms with Crippen molar-refractivity contribution in [3.8, 4) is 11.4 Å². The third-order valence-electron chi connectivity index (χ3n) is 5.38. The first-order chi connectivity index (χ1) is 10.4. The van der Waals surface area contributed by atoms with Crippen LogP contribution in [0, 0.1) is 23.5 Å². The molecular formula is C17H19N3O2. The van der Waals surface area contributed by atoms with Crippen molar-refractivity contribution in [3.63, 3.8) is 0 Å². The van der Waals surface area contributed by atoms with E-state index < -0.39 is 5.23 Å². The van der Waals surface area contributed by atoms with Crippen LogP contribution in [0.3, 0.4) is 0 Å². The monoisotopic (exact) mass is 297 g/mol. The minimum absolute atomic E-state index is 0.282. The third-order valence-corrected chi connectivity index (χ3v) is 5.38. The molecule has 1 saturated carbocycles. The third kappa shape index (κ3) is 1.83. The zero-order chi connectivity index (χ0) is 15.6. The number of hydrogen-bond donors (Lipinski definition) is 2. The Morgan fingerprint density at radius 3 is 2.55 bits per heavy atom. The Bertz CT molecular complexity index is 753. The van der Waals surface area contributed by atoms with Crippen molar-refractivity contribution >= 4 is 5.69 Å². The summed E-state index contributed by atoms with van der Waals surface area (Å²) >= 11 is 0. The van der Waals surface area contributed by atoms with Crippen LogP contribution < -0.4 is 5.23 Å². The van der Waals surface area contributed by atoms with Gasteiger partial charge in [0.15, 0.2) is 11.5 Å². The van der Waals surface area contributed by atoms with E-state index in [0.29, 0.717) is 23.1 Å². The van der Waals surface area contributed by atoms with Crippen LogP contribution in [-0.4, -0.2) is 15.2 Å². The van der Waals surface area contributed by atoms with Gasteiger partial charge in [-0.25, -0.2) is 15.2 Å². The molecule has 0 saturated heterocycles. The molecule has 2 aliphatic rings. The van der Waals surface area contributed by atoms with E-state index in [1.54, 1.807) is 24.3 Å². The number of quaternary nitrogens is 1. The van der Waals surface area contributed by atoms with Gasteiger partial charge in [-0.2, -0.15) is 5.23 Å². The number of nitrogens with zero attached hydrogens (tertiary/aromatic N) is 2. The second-order valence-corrected chi connectivity index (χ2v) is 6.99. The Morgan fingerprint density at radius 2 is 1.91 bits per heavy atom. The standard InChI is InChI=1S/C17H19N3O2/c1-9-14-13(8-12-15(14)17(12,2)3)19-16(18-9)10-4-6-11(7-5-10)20(21)22/h4-7,12,15,20-21H,8H2,1-3H3. The summed E-state index contributed by atoms with van der Waals surface area (Å²) in [7, 11) is 0. The Hall–Kier alpha value is -1.82. The molecule has 1 aromatic heterocycles. The molecule has 114 valence electrons. The summed E-state index contributed by atoms with van der Waals surface area (Å²) in [5.74, 6) is 2.03. The second-order valence-electron chi connectivity index (χ2n) is 6.99. The first-order valence-corrected chi connectivity index (χ1v) is 7.60. The molecule has 3 unspecified atom stereocenters. The van der Waals surface area contributed by atoms with E-state index in [-0.39, 0.29) is 5.69 Å². The number of benzene rings is 1. The summed E-state index contributed by atoms with van der Waals surface area (Å²) in [6, 6.07) is 6.77. The molecule has 3 atom stereocenters. The highest BCUT2D eigenvalue weighted by Gasteiger charge is 2.63. The van der Waals surface area contributed by atoms with E-state index in [0.717, 1.165) is 17.7 Å². The molecule has 1 heterocycles. The van der Waals surface area contributed by atoms with Gasteiger partial charge < -0.3 is 5.21 Å². The fourth-order valence-corrected chi connectivity index (χ4v) is 4.00. The molecule has 0 amide bonds. The molecule has 5 nitrogen and oxygen atoms in total. The zero-order valence-corrected chi connectivity index (χ0v) is 12.9. The molecule has 0 aliphatic heterocycles. The summed E-state index contributed by atoms with van der Waals surface area (Å²) in [4.78, 5) is 9.42. The van der Waals surface area contributed by atoms with Crippen molar-refractivity contribution < 1.29 is 10.4 Å². The number of aromatic nitrogens is 2. The number of nitrogens with one attached hydrogen (secondary N) is 1. The average Bonchev–Trinajstić information content (AvgIpc) is 2.86. The normalized spacial score (nSPS) is 25.5. The maximum absolute atomic E-state index is 10.9. The highest BCUT2D eigenvalue weighted by Crippen LogP contribution is 2.70. The Labute approximate surface area is 129 Å². The highest BCUT2D eigenvalue weighted by molar-refractivity contribution is 5.59. The topological polar surface area (TPSA) is 73.5 Å². The zero-order valence-electron chi connectivity index (χ0n) is 12.9. The van der Waals surface area contributed by atoms with Gasteiger partial charge in [-0.15, -0.1) is 0 Å². The van der Waals surface area contributed by atoms with Gasteiger partial charge in [-0.1, -0.05) is 13.8 Å². The quantitative estimate of drug-likeness (QED) is 0.833. The van der Waals surface area contributed by atoms with Crippen molar-refractivity contribution in [2.45, 2.75) is 33.1 Å². The van der Waals surface area contributed by atoms with Gasteiger partial charge in [0, 0.05) is 29.1 Å². The fraction of sp³-hybridized carbons (Fsp3) is 0.412. The van der Waals surface area contributed by atoms with E-state index in [1.165, 1.54) is 11.3 Å². The molecule has 0 spiro atoms. The lowest BCUT2D eigenvalue weighted by Crippen LogP contribution is -2.99. The number of fused-ring (bicyclic) bond motifs is 3. The predicted molar refractivity (Wildman–Crippen MR) is 81.7 cm³/mol. The molecule has 1 fully saturated rings. The summed E-state index contributed by atoms with van der Waals surface area (Å²) in [5.41, 5.74) is 5.15. The smallest absolute Gasteiger partial charge is 0.163 e. The molecule has 22 heavy (non-hydrogen) atoms. The highest BCUT2D eigenvalue weighted by atomic mass is 16.8.